The molecule has 0 N–H and O–H groups in total. The van der Waals surface area contributed by atoms with Crippen LogP contribution in [-0.4, -0.2) is 9.55 Å². The first-order valence-corrected chi connectivity index (χ1v) is 16.9. The van der Waals surface area contributed by atoms with Crippen molar-refractivity contribution >= 4 is 32.6 Å². The molecule has 2 nitrogen and oxygen atoms in total. The van der Waals surface area contributed by atoms with Gasteiger partial charge in [0, 0.05) is 11.3 Å². The van der Waals surface area contributed by atoms with E-state index in [2.05, 4.69) is 0 Å². The molecule has 0 bridgehead atoms. The molecule has 0 saturated carbocycles. The highest BCUT2D eigenvalue weighted by atomic mass is 15.1. The van der Waals surface area contributed by atoms with Crippen LogP contribution in [0, 0.1) is 0 Å². The number of hydrogen-bond acceptors (Lipinski definition) is 1. The van der Waals surface area contributed by atoms with E-state index in [1.54, 1.807) is 47.0 Å². The normalized spacial score (nSPS) is 15.4. The predicted octanol–water partition coefficient (Wildman–Crippen LogP) is 13.7. The van der Waals surface area contributed by atoms with Gasteiger partial charge in [-0.3, -0.25) is 4.57 Å². The molecule has 0 spiro atoms. The van der Waals surface area contributed by atoms with E-state index in [1.807, 2.05) is 72.8 Å². The fourth-order valence-corrected chi connectivity index (χ4v) is 7.19. The van der Waals surface area contributed by atoms with Gasteiger partial charge in [0.25, 0.3) is 0 Å². The minimum absolute atomic E-state index is 0.000556. The number of nitrogens with zero attached hydrogens (tertiary/aromatic N) is 2. The highest BCUT2D eigenvalue weighted by molar-refractivity contribution is 6.22. The standard InChI is InChI=1S/C51H34N2/c1-4-16-35(17-5-1)38-22-14-23-40(32-38)50-44-27-11-10-26-43(44)49(45-31-30-39(34-46(45)50)36-18-6-2-7-19-36)41-24-15-25-42(33-41)53-48-29-13-12-28-47(48)52-51(53)37-20-8-3-9-21-37/h1-34H/i1D,2D,3D,4D,5D,6D,7D,8D,9D,16D,17D,18D,19D,20D,21D. The van der Waals surface area contributed by atoms with Crippen LogP contribution in [0.15, 0.2) is 206 Å². The summed E-state index contributed by atoms with van der Waals surface area (Å²) >= 11 is 0. The van der Waals surface area contributed by atoms with Gasteiger partial charge in [-0.2, -0.15) is 0 Å². The molecule has 0 radical (unpaired) electrons. The smallest absolute Gasteiger partial charge is 0.145 e. The Balaban J connectivity index is 1.29. The number of para-hydroxylation sites is 2. The summed E-state index contributed by atoms with van der Waals surface area (Å²) < 4.78 is 130. The molecule has 0 unspecified atom stereocenters. The predicted molar refractivity (Wildman–Crippen MR) is 223 cm³/mol. The van der Waals surface area contributed by atoms with E-state index in [0.717, 1.165) is 16.3 Å². The summed E-state index contributed by atoms with van der Waals surface area (Å²) in [5.74, 6) is 0.146. The summed E-state index contributed by atoms with van der Waals surface area (Å²) in [6, 6.07) is 28.1. The van der Waals surface area contributed by atoms with Crippen molar-refractivity contribution in [2.75, 3.05) is 0 Å². The molecule has 0 aliphatic heterocycles. The van der Waals surface area contributed by atoms with Crippen molar-refractivity contribution in [3.63, 3.8) is 0 Å². The Labute approximate surface area is 330 Å². The average molecular weight is 690 g/mol. The van der Waals surface area contributed by atoms with Crippen LogP contribution in [-0.2, 0) is 0 Å². The zero-order valence-corrected chi connectivity index (χ0v) is 27.9. The van der Waals surface area contributed by atoms with E-state index < -0.39 is 66.5 Å². The van der Waals surface area contributed by atoms with Crippen LogP contribution in [0.2, 0.25) is 0 Å². The molecular formula is C51H34N2. The molecule has 0 saturated heterocycles. The Morgan fingerprint density at radius 2 is 0.906 bits per heavy atom. The van der Waals surface area contributed by atoms with Crippen LogP contribution in [0.1, 0.15) is 20.6 Å². The van der Waals surface area contributed by atoms with Crippen LogP contribution in [0.3, 0.4) is 0 Å². The molecule has 0 aliphatic carbocycles. The maximum absolute atomic E-state index is 8.90. The summed E-state index contributed by atoms with van der Waals surface area (Å²) in [5.41, 5.74) is 5.15. The average Bonchev–Trinajstić information content (AvgIpc) is 3.73. The van der Waals surface area contributed by atoms with Gasteiger partial charge in [-0.25, -0.2) is 4.98 Å². The molecule has 9 aromatic carbocycles. The van der Waals surface area contributed by atoms with E-state index in [1.165, 1.54) is 0 Å². The summed E-state index contributed by atoms with van der Waals surface area (Å²) in [7, 11) is 0. The third kappa shape index (κ3) is 5.40. The molecule has 53 heavy (non-hydrogen) atoms. The second-order valence-electron chi connectivity index (χ2n) is 12.4. The van der Waals surface area contributed by atoms with Crippen molar-refractivity contribution in [2.24, 2.45) is 0 Å². The second-order valence-corrected chi connectivity index (χ2v) is 12.4. The quantitative estimate of drug-likeness (QED) is 0.159. The van der Waals surface area contributed by atoms with Gasteiger partial charge in [0.2, 0.25) is 0 Å². The number of fused-ring (bicyclic) bond motifs is 3. The van der Waals surface area contributed by atoms with Gasteiger partial charge in [0.05, 0.1) is 31.6 Å². The highest BCUT2D eigenvalue weighted by Crippen LogP contribution is 2.46. The first kappa shape index (κ1) is 19.0. The van der Waals surface area contributed by atoms with Crippen LogP contribution in [0.4, 0.5) is 0 Å². The molecule has 10 rings (SSSR count). The molecular weight excluding hydrogens is 641 g/mol. The molecule has 1 aromatic heterocycles. The highest BCUT2D eigenvalue weighted by Gasteiger charge is 2.20. The molecule has 0 amide bonds. The topological polar surface area (TPSA) is 17.8 Å². The lowest BCUT2D eigenvalue weighted by molar-refractivity contribution is 1.10. The molecule has 0 fully saturated rings. The first-order valence-electron chi connectivity index (χ1n) is 24.4. The zero-order chi connectivity index (χ0) is 48.2. The SMILES string of the molecule is [2H]c1c([2H])c([2H])c(-c2cccc(-c3c4ccccc4c(-c4cccc(-n5c(-c6c([2H])c([2H])c([2H])c([2H])c6[2H])nc6ccccc65)c4)c4ccc(-c5c([2H])c([2H])c([2H])c([2H])c5[2H])cc34)c2)c([2H])c1[2H]. The Bertz CT molecular complexity index is 3740. The Morgan fingerprint density at radius 3 is 1.60 bits per heavy atom. The van der Waals surface area contributed by atoms with E-state index in [9.17, 15) is 0 Å². The number of imidazole rings is 1. The van der Waals surface area contributed by atoms with Crippen LogP contribution >= 0.6 is 0 Å². The molecule has 0 atom stereocenters. The van der Waals surface area contributed by atoms with E-state index in [0.29, 0.717) is 55.3 Å². The van der Waals surface area contributed by atoms with Crippen molar-refractivity contribution in [2.45, 2.75) is 0 Å². The summed E-state index contributed by atoms with van der Waals surface area (Å²) in [6.45, 7) is 0. The second kappa shape index (κ2) is 12.9. The fourth-order valence-electron chi connectivity index (χ4n) is 7.19. The van der Waals surface area contributed by atoms with Crippen molar-refractivity contribution in [3.05, 3.63) is 206 Å². The van der Waals surface area contributed by atoms with Crippen molar-refractivity contribution in [1.82, 2.24) is 9.55 Å². The fraction of sp³-hybridized carbons (Fsp3) is 0. The molecule has 1 heterocycles. The van der Waals surface area contributed by atoms with E-state index in [-0.39, 0.29) is 46.7 Å². The summed E-state index contributed by atoms with van der Waals surface area (Å²) in [5, 5.41) is 2.84. The van der Waals surface area contributed by atoms with Gasteiger partial charge in [-0.15, -0.1) is 0 Å². The number of rotatable bonds is 6. The van der Waals surface area contributed by atoms with Crippen LogP contribution in [0.5, 0.6) is 0 Å². The lowest BCUT2D eigenvalue weighted by Crippen LogP contribution is -1.98. The largest absolute Gasteiger partial charge is 0.292 e. The Morgan fingerprint density at radius 1 is 0.377 bits per heavy atom. The summed E-state index contributed by atoms with van der Waals surface area (Å²) in [6.07, 6.45) is 0. The molecule has 0 aliphatic rings. The molecule has 248 valence electrons. The lowest BCUT2D eigenvalue weighted by atomic mass is 9.84. The molecule has 10 aromatic rings. The Hall–Kier alpha value is -7.03. The van der Waals surface area contributed by atoms with Gasteiger partial charge in [0.15, 0.2) is 0 Å². The van der Waals surface area contributed by atoms with E-state index >= 15 is 0 Å². The minimum atomic E-state index is -0.525. The number of benzene rings is 9. The third-order valence-corrected chi connectivity index (χ3v) is 9.43. The van der Waals surface area contributed by atoms with Gasteiger partial charge in [0.1, 0.15) is 5.82 Å². The number of aromatic nitrogens is 2. The van der Waals surface area contributed by atoms with Crippen molar-refractivity contribution in [3.8, 4) is 61.6 Å². The number of hydrogen-bond donors (Lipinski definition) is 0. The maximum Gasteiger partial charge on any atom is 0.145 e. The van der Waals surface area contributed by atoms with Crippen molar-refractivity contribution < 1.29 is 20.6 Å². The van der Waals surface area contributed by atoms with Gasteiger partial charge < -0.3 is 0 Å². The van der Waals surface area contributed by atoms with Gasteiger partial charge in [-0.05, 0) is 102 Å². The monoisotopic (exact) mass is 689 g/mol. The lowest BCUT2D eigenvalue weighted by Gasteiger charge is -2.20. The third-order valence-electron chi connectivity index (χ3n) is 9.43. The Kier molecular flexibility index (Phi) is 4.64. The zero-order valence-electron chi connectivity index (χ0n) is 42.9. The van der Waals surface area contributed by atoms with E-state index in [4.69, 9.17) is 25.5 Å². The van der Waals surface area contributed by atoms with Crippen LogP contribution < -0.4 is 0 Å². The van der Waals surface area contributed by atoms with Crippen molar-refractivity contribution in [1.29, 1.82) is 0 Å². The first-order chi connectivity index (χ1) is 32.5. The minimum Gasteiger partial charge on any atom is -0.292 e. The van der Waals surface area contributed by atoms with Crippen LogP contribution in [0.25, 0.3) is 94.2 Å². The van der Waals surface area contributed by atoms with Gasteiger partial charge in [-0.1, -0.05) is 169 Å². The molecule has 2 heteroatoms. The summed E-state index contributed by atoms with van der Waals surface area (Å²) in [4.78, 5) is 4.84. The maximum atomic E-state index is 8.90. The van der Waals surface area contributed by atoms with Gasteiger partial charge >= 0.3 is 0 Å².